The third-order valence-electron chi connectivity index (χ3n) is 4.89. The monoisotopic (exact) mass is 345 g/mol. The van der Waals surface area contributed by atoms with Gasteiger partial charge in [0.25, 0.3) is 0 Å². The van der Waals surface area contributed by atoms with E-state index >= 15 is 0 Å². The lowest BCUT2D eigenvalue weighted by Gasteiger charge is -2.17. The molecule has 1 aromatic carbocycles. The summed E-state index contributed by atoms with van der Waals surface area (Å²) in [7, 11) is 0. The van der Waals surface area contributed by atoms with Crippen LogP contribution in [0.5, 0.6) is 5.75 Å². The first-order valence-corrected chi connectivity index (χ1v) is 9.16. The number of likely N-dealkylation sites (tertiary alicyclic amines) is 1. The van der Waals surface area contributed by atoms with Crippen LogP contribution in [0, 0.1) is 5.92 Å². The summed E-state index contributed by atoms with van der Waals surface area (Å²) in [5.41, 5.74) is 0. The summed E-state index contributed by atoms with van der Waals surface area (Å²) in [6.45, 7) is 3.67. The number of ether oxygens (including phenoxy) is 1. The summed E-state index contributed by atoms with van der Waals surface area (Å²) in [5.74, 6) is 1.57. The van der Waals surface area contributed by atoms with E-state index in [0.717, 1.165) is 31.7 Å². The fraction of sp³-hybridized carbons (Fsp3) is 0.579. The summed E-state index contributed by atoms with van der Waals surface area (Å²) in [4.78, 5) is 25.9. The number of para-hydroxylation sites is 1. The van der Waals surface area contributed by atoms with Crippen LogP contribution in [-0.4, -0.2) is 55.5 Å². The Bertz CT molecular complexity index is 573. The van der Waals surface area contributed by atoms with E-state index in [-0.39, 0.29) is 17.9 Å². The van der Waals surface area contributed by atoms with Gasteiger partial charge in [-0.05, 0) is 44.0 Å². The molecule has 2 amide bonds. The molecule has 0 spiro atoms. The quantitative estimate of drug-likeness (QED) is 0.742. The van der Waals surface area contributed by atoms with Gasteiger partial charge in [0, 0.05) is 19.4 Å². The van der Waals surface area contributed by atoms with Gasteiger partial charge >= 0.3 is 0 Å². The standard InChI is InChI=1S/C19H27N3O3/c23-18(7-6-15-8-9-20-13-15)21-16-12-19(24)22(14-16)10-11-25-17-4-2-1-3-5-17/h1-5,15-16,20H,6-14H2,(H,21,23). The minimum absolute atomic E-state index is 0.0621. The van der Waals surface area contributed by atoms with E-state index in [1.165, 1.54) is 0 Å². The molecule has 2 N–H and O–H groups in total. The molecule has 136 valence electrons. The predicted molar refractivity (Wildman–Crippen MR) is 95.3 cm³/mol. The van der Waals surface area contributed by atoms with Crippen molar-refractivity contribution in [2.24, 2.45) is 5.92 Å². The molecule has 2 atom stereocenters. The molecule has 1 aromatic rings. The van der Waals surface area contributed by atoms with Crippen molar-refractivity contribution in [1.29, 1.82) is 0 Å². The minimum Gasteiger partial charge on any atom is -0.492 e. The number of nitrogens with one attached hydrogen (secondary N) is 2. The second-order valence-electron chi connectivity index (χ2n) is 6.87. The maximum absolute atomic E-state index is 12.1. The Morgan fingerprint density at radius 3 is 2.92 bits per heavy atom. The molecule has 2 fully saturated rings. The maximum Gasteiger partial charge on any atom is 0.224 e. The summed E-state index contributed by atoms with van der Waals surface area (Å²) >= 11 is 0. The average Bonchev–Trinajstić information content (AvgIpc) is 3.24. The fourth-order valence-electron chi connectivity index (χ4n) is 3.47. The largest absolute Gasteiger partial charge is 0.492 e. The molecule has 2 unspecified atom stereocenters. The maximum atomic E-state index is 12.1. The number of carbonyl (C=O) groups excluding carboxylic acids is 2. The Morgan fingerprint density at radius 2 is 2.16 bits per heavy atom. The zero-order chi connectivity index (χ0) is 17.5. The van der Waals surface area contributed by atoms with Gasteiger partial charge in [0.15, 0.2) is 0 Å². The second kappa shape index (κ2) is 8.85. The van der Waals surface area contributed by atoms with Crippen LogP contribution >= 0.6 is 0 Å². The number of hydrogen-bond acceptors (Lipinski definition) is 4. The van der Waals surface area contributed by atoms with Crippen molar-refractivity contribution in [3.63, 3.8) is 0 Å². The van der Waals surface area contributed by atoms with Gasteiger partial charge in [-0.2, -0.15) is 0 Å². The number of hydrogen-bond donors (Lipinski definition) is 2. The van der Waals surface area contributed by atoms with E-state index in [4.69, 9.17) is 4.74 Å². The number of nitrogens with zero attached hydrogens (tertiary/aromatic N) is 1. The SMILES string of the molecule is O=C(CCC1CCNC1)NC1CC(=O)N(CCOc2ccccc2)C1. The molecular formula is C19H27N3O3. The zero-order valence-electron chi connectivity index (χ0n) is 14.6. The molecule has 25 heavy (non-hydrogen) atoms. The normalized spacial score (nSPS) is 23.0. The Hall–Kier alpha value is -2.08. The van der Waals surface area contributed by atoms with E-state index < -0.39 is 0 Å². The Labute approximate surface area is 148 Å². The van der Waals surface area contributed by atoms with Crippen LogP contribution in [0.2, 0.25) is 0 Å². The van der Waals surface area contributed by atoms with Crippen molar-refractivity contribution in [3.8, 4) is 5.75 Å². The van der Waals surface area contributed by atoms with E-state index in [1.807, 2.05) is 30.3 Å². The Balaban J connectivity index is 1.34. The van der Waals surface area contributed by atoms with Crippen LogP contribution in [0.3, 0.4) is 0 Å². The number of benzene rings is 1. The highest BCUT2D eigenvalue weighted by molar-refractivity contribution is 5.82. The van der Waals surface area contributed by atoms with Crippen LogP contribution in [0.1, 0.15) is 25.7 Å². The van der Waals surface area contributed by atoms with Crippen molar-refractivity contribution in [2.45, 2.75) is 31.7 Å². The smallest absolute Gasteiger partial charge is 0.224 e. The Morgan fingerprint density at radius 1 is 1.32 bits per heavy atom. The van der Waals surface area contributed by atoms with Crippen molar-refractivity contribution in [1.82, 2.24) is 15.5 Å². The summed E-state index contributed by atoms with van der Waals surface area (Å²) in [6, 6.07) is 9.50. The molecule has 2 aliphatic rings. The predicted octanol–water partition coefficient (Wildman–Crippen LogP) is 1.17. The van der Waals surface area contributed by atoms with Crippen molar-refractivity contribution < 1.29 is 14.3 Å². The minimum atomic E-state index is -0.0709. The van der Waals surface area contributed by atoms with E-state index in [0.29, 0.717) is 38.5 Å². The van der Waals surface area contributed by atoms with Gasteiger partial charge in [-0.1, -0.05) is 18.2 Å². The molecule has 2 heterocycles. The van der Waals surface area contributed by atoms with Crippen LogP contribution in [0.4, 0.5) is 0 Å². The third kappa shape index (κ3) is 5.46. The molecule has 0 radical (unpaired) electrons. The average molecular weight is 345 g/mol. The number of rotatable bonds is 8. The highest BCUT2D eigenvalue weighted by atomic mass is 16.5. The van der Waals surface area contributed by atoms with Crippen molar-refractivity contribution in [2.75, 3.05) is 32.8 Å². The molecule has 0 aliphatic carbocycles. The molecule has 0 bridgehead atoms. The first-order valence-electron chi connectivity index (χ1n) is 9.16. The molecule has 0 aromatic heterocycles. The van der Waals surface area contributed by atoms with Gasteiger partial charge in [0.2, 0.25) is 11.8 Å². The van der Waals surface area contributed by atoms with Gasteiger partial charge in [0.05, 0.1) is 12.6 Å². The van der Waals surface area contributed by atoms with Gasteiger partial charge in [0.1, 0.15) is 12.4 Å². The highest BCUT2D eigenvalue weighted by Gasteiger charge is 2.30. The van der Waals surface area contributed by atoms with Gasteiger partial charge in [-0.15, -0.1) is 0 Å². The summed E-state index contributed by atoms with van der Waals surface area (Å²) < 4.78 is 5.64. The lowest BCUT2D eigenvalue weighted by molar-refractivity contribution is -0.128. The third-order valence-corrected chi connectivity index (χ3v) is 4.89. The lowest BCUT2D eigenvalue weighted by Crippen LogP contribution is -2.38. The molecule has 6 nitrogen and oxygen atoms in total. The van der Waals surface area contributed by atoms with Gasteiger partial charge in [-0.25, -0.2) is 0 Å². The van der Waals surface area contributed by atoms with E-state index in [9.17, 15) is 9.59 Å². The van der Waals surface area contributed by atoms with E-state index in [2.05, 4.69) is 10.6 Å². The van der Waals surface area contributed by atoms with Gasteiger partial charge in [-0.3, -0.25) is 9.59 Å². The van der Waals surface area contributed by atoms with Crippen LogP contribution in [0.15, 0.2) is 30.3 Å². The van der Waals surface area contributed by atoms with E-state index in [1.54, 1.807) is 4.90 Å². The first-order chi connectivity index (χ1) is 12.2. The number of amides is 2. The molecule has 6 heteroatoms. The van der Waals surface area contributed by atoms with Gasteiger partial charge < -0.3 is 20.3 Å². The second-order valence-corrected chi connectivity index (χ2v) is 6.87. The van der Waals surface area contributed by atoms with Crippen LogP contribution in [-0.2, 0) is 9.59 Å². The fourth-order valence-corrected chi connectivity index (χ4v) is 3.47. The van der Waals surface area contributed by atoms with Crippen molar-refractivity contribution in [3.05, 3.63) is 30.3 Å². The number of carbonyl (C=O) groups is 2. The molecule has 2 saturated heterocycles. The topological polar surface area (TPSA) is 70.7 Å². The van der Waals surface area contributed by atoms with Crippen molar-refractivity contribution >= 4 is 11.8 Å². The van der Waals surface area contributed by atoms with Crippen LogP contribution < -0.4 is 15.4 Å². The molecule has 3 rings (SSSR count). The molecule has 2 aliphatic heterocycles. The molecule has 0 saturated carbocycles. The summed E-state index contributed by atoms with van der Waals surface area (Å²) in [5, 5.41) is 6.33. The van der Waals surface area contributed by atoms with Crippen LogP contribution in [0.25, 0.3) is 0 Å². The zero-order valence-corrected chi connectivity index (χ0v) is 14.6. The lowest BCUT2D eigenvalue weighted by atomic mass is 10.0. The summed E-state index contributed by atoms with van der Waals surface area (Å²) in [6.07, 6.45) is 3.02. The highest BCUT2D eigenvalue weighted by Crippen LogP contribution is 2.16. The first kappa shape index (κ1) is 17.7. The molecular weight excluding hydrogens is 318 g/mol. The Kier molecular flexibility index (Phi) is 6.28.